The van der Waals surface area contributed by atoms with Crippen molar-refractivity contribution in [3.05, 3.63) is 16.1 Å². The Hall–Kier alpha value is -0.670. The summed E-state index contributed by atoms with van der Waals surface area (Å²) in [5.41, 5.74) is 0.282. The van der Waals surface area contributed by atoms with E-state index in [0.29, 0.717) is 27.7 Å². The second-order valence-corrected chi connectivity index (χ2v) is 6.29. The zero-order chi connectivity index (χ0) is 13.3. The highest BCUT2D eigenvalue weighted by molar-refractivity contribution is 6.37. The molecule has 1 atom stereocenters. The summed E-state index contributed by atoms with van der Waals surface area (Å²) in [6.07, 6.45) is 3.63. The number of pyridine rings is 1. The second-order valence-electron chi connectivity index (χ2n) is 5.48. The lowest BCUT2D eigenvalue weighted by molar-refractivity contribution is 0.349. The standard InChI is InChI=1S/C13H19Cl2N3/c1-13(2)6-4-5-10(13)17-12-9(15)7-8(14)11(16-3)18-12/h7,10H,4-6H2,1-3H3,(H2,16,17,18). The van der Waals surface area contributed by atoms with Crippen LogP contribution in [0.4, 0.5) is 11.6 Å². The number of aromatic nitrogens is 1. The van der Waals surface area contributed by atoms with Gasteiger partial charge in [-0.05, 0) is 24.3 Å². The van der Waals surface area contributed by atoms with Gasteiger partial charge in [0.05, 0.1) is 10.0 Å². The van der Waals surface area contributed by atoms with Crippen LogP contribution in [-0.4, -0.2) is 18.1 Å². The second kappa shape index (κ2) is 5.14. The molecule has 1 aliphatic carbocycles. The Morgan fingerprint density at radius 3 is 2.50 bits per heavy atom. The molecule has 0 saturated heterocycles. The summed E-state index contributed by atoms with van der Waals surface area (Å²) >= 11 is 12.2. The van der Waals surface area contributed by atoms with Crippen LogP contribution in [0.3, 0.4) is 0 Å². The van der Waals surface area contributed by atoms with Gasteiger partial charge in [0, 0.05) is 13.1 Å². The number of nitrogens with one attached hydrogen (secondary N) is 2. The summed E-state index contributed by atoms with van der Waals surface area (Å²) in [4.78, 5) is 4.43. The average molecular weight is 288 g/mol. The minimum Gasteiger partial charge on any atom is -0.372 e. The molecular weight excluding hydrogens is 269 g/mol. The van der Waals surface area contributed by atoms with Crippen molar-refractivity contribution < 1.29 is 0 Å². The first-order valence-electron chi connectivity index (χ1n) is 6.24. The van der Waals surface area contributed by atoms with Crippen LogP contribution < -0.4 is 10.6 Å². The Bertz CT molecular complexity index is 446. The molecule has 1 heterocycles. The average Bonchev–Trinajstić information content (AvgIpc) is 2.62. The van der Waals surface area contributed by atoms with Gasteiger partial charge >= 0.3 is 0 Å². The zero-order valence-electron chi connectivity index (χ0n) is 11.0. The van der Waals surface area contributed by atoms with Gasteiger partial charge in [-0.2, -0.15) is 0 Å². The molecule has 1 unspecified atom stereocenters. The Morgan fingerprint density at radius 1 is 1.28 bits per heavy atom. The van der Waals surface area contributed by atoms with Gasteiger partial charge in [-0.3, -0.25) is 0 Å². The highest BCUT2D eigenvalue weighted by Gasteiger charge is 2.34. The number of hydrogen-bond donors (Lipinski definition) is 2. The lowest BCUT2D eigenvalue weighted by atomic mass is 9.87. The third-order valence-corrected chi connectivity index (χ3v) is 4.31. The summed E-state index contributed by atoms with van der Waals surface area (Å²) in [6, 6.07) is 2.14. The molecule has 5 heteroatoms. The first-order valence-corrected chi connectivity index (χ1v) is 7.00. The van der Waals surface area contributed by atoms with E-state index in [2.05, 4.69) is 29.5 Å². The highest BCUT2D eigenvalue weighted by atomic mass is 35.5. The molecule has 0 amide bonds. The van der Waals surface area contributed by atoms with Crippen LogP contribution in [0, 0.1) is 5.41 Å². The monoisotopic (exact) mass is 287 g/mol. The lowest BCUT2D eigenvalue weighted by Crippen LogP contribution is -2.31. The van der Waals surface area contributed by atoms with Crippen molar-refractivity contribution in [1.29, 1.82) is 0 Å². The van der Waals surface area contributed by atoms with Gasteiger partial charge in [0.2, 0.25) is 0 Å². The summed E-state index contributed by atoms with van der Waals surface area (Å²) in [7, 11) is 1.80. The molecule has 18 heavy (non-hydrogen) atoms. The fourth-order valence-electron chi connectivity index (χ4n) is 2.50. The first kappa shape index (κ1) is 13.8. The maximum atomic E-state index is 6.19. The topological polar surface area (TPSA) is 37.0 Å². The number of rotatable bonds is 3. The Morgan fingerprint density at radius 2 is 1.94 bits per heavy atom. The number of halogens is 2. The van der Waals surface area contributed by atoms with Crippen molar-refractivity contribution in [2.24, 2.45) is 5.41 Å². The van der Waals surface area contributed by atoms with E-state index in [1.54, 1.807) is 13.1 Å². The van der Waals surface area contributed by atoms with Gasteiger partial charge in [-0.15, -0.1) is 0 Å². The normalized spacial score (nSPS) is 21.9. The summed E-state index contributed by atoms with van der Waals surface area (Å²) in [5, 5.41) is 7.54. The molecule has 3 nitrogen and oxygen atoms in total. The summed E-state index contributed by atoms with van der Waals surface area (Å²) < 4.78 is 0. The third-order valence-electron chi connectivity index (χ3n) is 3.73. The zero-order valence-corrected chi connectivity index (χ0v) is 12.5. The molecule has 100 valence electrons. The van der Waals surface area contributed by atoms with Crippen molar-refractivity contribution in [1.82, 2.24) is 4.98 Å². The third kappa shape index (κ3) is 2.67. The van der Waals surface area contributed by atoms with Crippen molar-refractivity contribution in [2.45, 2.75) is 39.2 Å². The van der Waals surface area contributed by atoms with Crippen molar-refractivity contribution in [3.8, 4) is 0 Å². The van der Waals surface area contributed by atoms with Crippen LogP contribution in [0.1, 0.15) is 33.1 Å². The smallest absolute Gasteiger partial charge is 0.147 e. The summed E-state index contributed by atoms with van der Waals surface area (Å²) in [6.45, 7) is 4.56. The highest BCUT2D eigenvalue weighted by Crippen LogP contribution is 2.40. The van der Waals surface area contributed by atoms with E-state index in [0.717, 1.165) is 6.42 Å². The first-order chi connectivity index (χ1) is 8.44. The Balaban J connectivity index is 2.24. The van der Waals surface area contributed by atoms with E-state index >= 15 is 0 Å². The minimum absolute atomic E-state index is 0.282. The molecule has 1 aromatic heterocycles. The summed E-state index contributed by atoms with van der Waals surface area (Å²) in [5.74, 6) is 1.37. The molecule has 1 saturated carbocycles. The van der Waals surface area contributed by atoms with Crippen molar-refractivity contribution in [2.75, 3.05) is 17.7 Å². The van der Waals surface area contributed by atoms with E-state index in [1.807, 2.05) is 0 Å². The van der Waals surface area contributed by atoms with Gasteiger partial charge in [0.15, 0.2) is 0 Å². The molecule has 0 radical (unpaired) electrons. The van der Waals surface area contributed by atoms with Gasteiger partial charge < -0.3 is 10.6 Å². The van der Waals surface area contributed by atoms with Crippen molar-refractivity contribution in [3.63, 3.8) is 0 Å². The minimum atomic E-state index is 0.282. The van der Waals surface area contributed by atoms with Gasteiger partial charge in [0.25, 0.3) is 0 Å². The SMILES string of the molecule is CNc1nc(NC2CCCC2(C)C)c(Cl)cc1Cl. The molecule has 1 aromatic rings. The molecule has 0 aliphatic heterocycles. The maximum absolute atomic E-state index is 6.19. The molecule has 1 aliphatic rings. The van der Waals surface area contributed by atoms with E-state index in [9.17, 15) is 0 Å². The Labute approximate surface area is 118 Å². The van der Waals surface area contributed by atoms with E-state index < -0.39 is 0 Å². The maximum Gasteiger partial charge on any atom is 0.147 e. The largest absolute Gasteiger partial charge is 0.372 e. The van der Waals surface area contributed by atoms with Crippen LogP contribution in [0.2, 0.25) is 10.0 Å². The number of anilines is 2. The predicted octanol–water partition coefficient (Wildman–Crippen LogP) is 4.42. The van der Waals surface area contributed by atoms with Crippen LogP contribution in [0.15, 0.2) is 6.07 Å². The molecule has 1 fully saturated rings. The predicted molar refractivity (Wildman–Crippen MR) is 78.8 cm³/mol. The molecule has 0 aromatic carbocycles. The van der Waals surface area contributed by atoms with Crippen molar-refractivity contribution >= 4 is 34.8 Å². The molecule has 2 rings (SSSR count). The fraction of sp³-hybridized carbons (Fsp3) is 0.615. The molecule has 0 bridgehead atoms. The molecule has 0 spiro atoms. The van der Waals surface area contributed by atoms with Gasteiger partial charge in [-0.1, -0.05) is 43.5 Å². The van der Waals surface area contributed by atoms with Crippen LogP contribution in [0.25, 0.3) is 0 Å². The van der Waals surface area contributed by atoms with Crippen LogP contribution in [-0.2, 0) is 0 Å². The molecular formula is C13H19Cl2N3. The van der Waals surface area contributed by atoms with Gasteiger partial charge in [0.1, 0.15) is 11.6 Å². The van der Waals surface area contributed by atoms with E-state index in [1.165, 1.54) is 12.8 Å². The van der Waals surface area contributed by atoms with Crippen LogP contribution >= 0.6 is 23.2 Å². The number of nitrogens with zero attached hydrogens (tertiary/aromatic N) is 1. The number of hydrogen-bond acceptors (Lipinski definition) is 3. The lowest BCUT2D eigenvalue weighted by Gasteiger charge is -2.28. The van der Waals surface area contributed by atoms with E-state index in [4.69, 9.17) is 23.2 Å². The van der Waals surface area contributed by atoms with Gasteiger partial charge in [-0.25, -0.2) is 4.98 Å². The molecule has 2 N–H and O–H groups in total. The fourth-order valence-corrected chi connectivity index (χ4v) is 3.01. The Kier molecular flexibility index (Phi) is 3.93. The van der Waals surface area contributed by atoms with Crippen LogP contribution in [0.5, 0.6) is 0 Å². The quantitative estimate of drug-likeness (QED) is 0.864. The van der Waals surface area contributed by atoms with E-state index in [-0.39, 0.29) is 5.41 Å².